The minimum Gasteiger partial charge on any atom is -0.494 e. The molecule has 0 radical (unpaired) electrons. The molecule has 3 aromatic carbocycles. The van der Waals surface area contributed by atoms with Crippen molar-refractivity contribution in [3.8, 4) is 11.5 Å². The smallest absolute Gasteiger partial charge is 0.329 e. The summed E-state index contributed by atoms with van der Waals surface area (Å²) in [4.78, 5) is 36.3. The molecular weight excluding hydrogens is 519 g/mol. The molecule has 37 heavy (non-hydrogen) atoms. The van der Waals surface area contributed by atoms with Gasteiger partial charge in [0.15, 0.2) is 6.61 Å². The molecule has 0 spiro atoms. The highest BCUT2D eigenvalue weighted by molar-refractivity contribution is 6.42. The third kappa shape index (κ3) is 9.14. The van der Waals surface area contributed by atoms with Gasteiger partial charge in [0, 0.05) is 11.4 Å². The molecular formula is C26H24Cl2N4O5. The number of carbonyl (C=O) groups excluding carboxylic acids is 3. The van der Waals surface area contributed by atoms with Gasteiger partial charge in [0.1, 0.15) is 11.5 Å². The molecule has 0 atom stereocenters. The van der Waals surface area contributed by atoms with Crippen LogP contribution in [0.1, 0.15) is 18.9 Å². The monoisotopic (exact) mass is 542 g/mol. The Labute approximate surface area is 223 Å². The van der Waals surface area contributed by atoms with Gasteiger partial charge in [-0.3, -0.25) is 14.4 Å². The quantitative estimate of drug-likeness (QED) is 0.191. The Morgan fingerprint density at radius 2 is 1.59 bits per heavy atom. The molecule has 0 aliphatic heterocycles. The fraction of sp³-hybridized carbons (Fsp3) is 0.154. The van der Waals surface area contributed by atoms with E-state index in [1.807, 2.05) is 6.92 Å². The van der Waals surface area contributed by atoms with Crippen molar-refractivity contribution in [2.24, 2.45) is 5.10 Å². The number of rotatable bonds is 10. The highest BCUT2D eigenvalue weighted by atomic mass is 35.5. The van der Waals surface area contributed by atoms with Crippen LogP contribution in [-0.2, 0) is 14.4 Å². The number of benzene rings is 3. The SMILES string of the molecule is CCCOc1ccc(NC(=O)C(=O)N/N=C\c2cccc(OCC(=O)Nc3ccc(Cl)c(Cl)c3)c2)cc1. The van der Waals surface area contributed by atoms with Crippen LogP contribution in [-0.4, -0.2) is 37.1 Å². The molecule has 0 saturated carbocycles. The third-order valence-electron chi connectivity index (χ3n) is 4.60. The van der Waals surface area contributed by atoms with Gasteiger partial charge in [0.25, 0.3) is 5.91 Å². The van der Waals surface area contributed by atoms with E-state index in [9.17, 15) is 14.4 Å². The first kappa shape index (κ1) is 27.5. The predicted molar refractivity (Wildman–Crippen MR) is 144 cm³/mol. The molecule has 0 unspecified atom stereocenters. The minimum atomic E-state index is -0.936. The lowest BCUT2D eigenvalue weighted by molar-refractivity contribution is -0.136. The molecule has 0 heterocycles. The van der Waals surface area contributed by atoms with Gasteiger partial charge in [0.2, 0.25) is 0 Å². The van der Waals surface area contributed by atoms with Gasteiger partial charge in [-0.25, -0.2) is 5.43 Å². The molecule has 11 heteroatoms. The average molecular weight is 543 g/mol. The summed E-state index contributed by atoms with van der Waals surface area (Å²) in [5.74, 6) is -1.12. The normalized spacial score (nSPS) is 10.6. The summed E-state index contributed by atoms with van der Waals surface area (Å²) in [6.07, 6.45) is 2.22. The van der Waals surface area contributed by atoms with Gasteiger partial charge in [-0.15, -0.1) is 0 Å². The molecule has 3 N–H and O–H groups in total. The highest BCUT2D eigenvalue weighted by Crippen LogP contribution is 2.25. The number of hydrogen-bond acceptors (Lipinski definition) is 6. The maximum Gasteiger partial charge on any atom is 0.329 e. The van der Waals surface area contributed by atoms with E-state index < -0.39 is 11.8 Å². The van der Waals surface area contributed by atoms with Crippen molar-refractivity contribution in [2.45, 2.75) is 13.3 Å². The lowest BCUT2D eigenvalue weighted by Gasteiger charge is -2.09. The Hall–Kier alpha value is -4.08. The summed E-state index contributed by atoms with van der Waals surface area (Å²) in [5.41, 5.74) is 3.67. The van der Waals surface area contributed by atoms with Crippen LogP contribution in [0.5, 0.6) is 11.5 Å². The number of hydrogen-bond donors (Lipinski definition) is 3. The maximum absolute atomic E-state index is 12.1. The Balaban J connectivity index is 1.45. The van der Waals surface area contributed by atoms with Crippen LogP contribution in [0.15, 0.2) is 71.8 Å². The third-order valence-corrected chi connectivity index (χ3v) is 5.34. The van der Waals surface area contributed by atoms with Crippen LogP contribution < -0.4 is 25.5 Å². The number of ether oxygens (including phenoxy) is 2. The van der Waals surface area contributed by atoms with Gasteiger partial charge < -0.3 is 20.1 Å². The minimum absolute atomic E-state index is 0.247. The van der Waals surface area contributed by atoms with E-state index in [0.717, 1.165) is 6.42 Å². The number of anilines is 2. The molecule has 0 bridgehead atoms. The second kappa shape index (κ2) is 13.9. The standard InChI is InChI=1S/C26H24Cl2N4O5/c1-2-12-36-20-9-6-18(7-10-20)31-25(34)26(35)32-29-15-17-4-3-5-21(13-17)37-16-24(33)30-19-8-11-22(27)23(28)14-19/h3-11,13-15H,2,12,16H2,1H3,(H,30,33)(H,31,34)(H,32,35)/b29-15-. The van der Waals surface area contributed by atoms with E-state index in [1.165, 1.54) is 12.3 Å². The molecule has 0 saturated heterocycles. The number of nitrogens with one attached hydrogen (secondary N) is 3. The van der Waals surface area contributed by atoms with E-state index in [1.54, 1.807) is 60.7 Å². The fourth-order valence-corrected chi connectivity index (χ4v) is 3.16. The maximum atomic E-state index is 12.1. The lowest BCUT2D eigenvalue weighted by Crippen LogP contribution is -2.32. The van der Waals surface area contributed by atoms with Crippen LogP contribution >= 0.6 is 23.2 Å². The Morgan fingerprint density at radius 1 is 0.838 bits per heavy atom. The van der Waals surface area contributed by atoms with Gasteiger partial charge in [-0.05, 0) is 66.6 Å². The molecule has 3 aromatic rings. The predicted octanol–water partition coefficient (Wildman–Crippen LogP) is 4.89. The second-order valence-electron chi connectivity index (χ2n) is 7.56. The first-order valence-electron chi connectivity index (χ1n) is 11.2. The van der Waals surface area contributed by atoms with Gasteiger partial charge in [-0.1, -0.05) is 42.3 Å². The van der Waals surface area contributed by atoms with Crippen molar-refractivity contribution in [1.82, 2.24) is 5.43 Å². The van der Waals surface area contributed by atoms with E-state index in [2.05, 4.69) is 21.2 Å². The summed E-state index contributed by atoms with van der Waals surface area (Å²) in [6, 6.07) is 18.1. The molecule has 0 aliphatic carbocycles. The average Bonchev–Trinajstić information content (AvgIpc) is 2.89. The first-order chi connectivity index (χ1) is 17.8. The molecule has 192 valence electrons. The number of hydrazone groups is 1. The first-order valence-corrected chi connectivity index (χ1v) is 11.9. The Morgan fingerprint density at radius 3 is 2.32 bits per heavy atom. The lowest BCUT2D eigenvalue weighted by atomic mass is 10.2. The van der Waals surface area contributed by atoms with Crippen molar-refractivity contribution in [2.75, 3.05) is 23.8 Å². The number of nitrogens with zero attached hydrogens (tertiary/aromatic N) is 1. The fourth-order valence-electron chi connectivity index (χ4n) is 2.86. The van der Waals surface area contributed by atoms with Crippen LogP contribution in [0.25, 0.3) is 0 Å². The largest absolute Gasteiger partial charge is 0.494 e. The molecule has 3 amide bonds. The summed E-state index contributed by atoms with van der Waals surface area (Å²) in [7, 11) is 0. The Bertz CT molecular complexity index is 1280. The summed E-state index contributed by atoms with van der Waals surface area (Å²) in [6.45, 7) is 2.35. The zero-order valence-corrected chi connectivity index (χ0v) is 21.3. The highest BCUT2D eigenvalue weighted by Gasteiger charge is 2.13. The second-order valence-corrected chi connectivity index (χ2v) is 8.38. The topological polar surface area (TPSA) is 118 Å². The van der Waals surface area contributed by atoms with Crippen molar-refractivity contribution >= 4 is 58.5 Å². The molecule has 0 fully saturated rings. The summed E-state index contributed by atoms with van der Waals surface area (Å²) in [5, 5.41) is 9.64. The van der Waals surface area contributed by atoms with Crippen molar-refractivity contribution < 1.29 is 23.9 Å². The van der Waals surface area contributed by atoms with Gasteiger partial charge >= 0.3 is 11.8 Å². The zero-order valence-electron chi connectivity index (χ0n) is 19.8. The molecule has 0 aromatic heterocycles. The number of amides is 3. The zero-order chi connectivity index (χ0) is 26.6. The van der Waals surface area contributed by atoms with Crippen LogP contribution in [0, 0.1) is 0 Å². The Kier molecular flexibility index (Phi) is 10.3. The van der Waals surface area contributed by atoms with Crippen LogP contribution in [0.3, 0.4) is 0 Å². The van der Waals surface area contributed by atoms with Gasteiger partial charge in [-0.2, -0.15) is 5.10 Å². The molecule has 0 aliphatic rings. The van der Waals surface area contributed by atoms with Crippen LogP contribution in [0.4, 0.5) is 11.4 Å². The summed E-state index contributed by atoms with van der Waals surface area (Å²) >= 11 is 11.8. The van der Waals surface area contributed by atoms with Crippen molar-refractivity contribution in [3.63, 3.8) is 0 Å². The van der Waals surface area contributed by atoms with E-state index in [0.29, 0.717) is 45.1 Å². The molecule has 3 rings (SSSR count). The van der Waals surface area contributed by atoms with Crippen molar-refractivity contribution in [1.29, 1.82) is 0 Å². The molecule has 9 nitrogen and oxygen atoms in total. The summed E-state index contributed by atoms with van der Waals surface area (Å²) < 4.78 is 11.0. The van der Waals surface area contributed by atoms with Gasteiger partial charge in [0.05, 0.1) is 22.9 Å². The number of halogens is 2. The van der Waals surface area contributed by atoms with E-state index in [4.69, 9.17) is 32.7 Å². The number of carbonyl (C=O) groups is 3. The van der Waals surface area contributed by atoms with E-state index >= 15 is 0 Å². The van der Waals surface area contributed by atoms with Crippen LogP contribution in [0.2, 0.25) is 10.0 Å². The van der Waals surface area contributed by atoms with Crippen molar-refractivity contribution in [3.05, 3.63) is 82.3 Å². The van der Waals surface area contributed by atoms with E-state index in [-0.39, 0.29) is 12.5 Å².